The molecule has 1 aromatic heterocycles. The Bertz CT molecular complexity index is 957. The van der Waals surface area contributed by atoms with Crippen LogP contribution < -0.4 is 10.9 Å². The van der Waals surface area contributed by atoms with Crippen molar-refractivity contribution in [1.82, 2.24) is 0 Å². The van der Waals surface area contributed by atoms with Gasteiger partial charge < -0.3 is 18.5 Å². The van der Waals surface area contributed by atoms with Crippen molar-refractivity contribution in [1.29, 1.82) is 0 Å². The smallest absolute Gasteiger partial charge is 0.460 e. The third-order valence-electron chi connectivity index (χ3n) is 5.41. The predicted octanol–water partition coefficient (Wildman–Crippen LogP) is 2.89. The highest BCUT2D eigenvalue weighted by molar-refractivity contribution is 6.62. The summed E-state index contributed by atoms with van der Waals surface area (Å²) in [7, 11) is -0.581. The highest BCUT2D eigenvalue weighted by Gasteiger charge is 2.51. The van der Waals surface area contributed by atoms with E-state index >= 15 is 0 Å². The highest BCUT2D eigenvalue weighted by Crippen LogP contribution is 2.36. The summed E-state index contributed by atoms with van der Waals surface area (Å²) in [6, 6.07) is 3.58. The average Bonchev–Trinajstić information content (AvgIpc) is 2.79. The number of hydrogen-bond donors (Lipinski definition) is 0. The van der Waals surface area contributed by atoms with Gasteiger partial charge in [-0.15, -0.1) is 0 Å². The number of rotatable bonds is 3. The lowest BCUT2D eigenvalue weighted by atomic mass is 9.77. The van der Waals surface area contributed by atoms with Crippen molar-refractivity contribution in [2.45, 2.75) is 59.7 Å². The molecule has 0 aliphatic carbocycles. The molecule has 2 aromatic rings. The summed E-state index contributed by atoms with van der Waals surface area (Å²) in [4.78, 5) is 25.0. The van der Waals surface area contributed by atoms with E-state index in [9.17, 15) is 9.59 Å². The molecule has 0 bridgehead atoms. The molecule has 1 saturated heterocycles. The molecule has 1 fully saturated rings. The van der Waals surface area contributed by atoms with Crippen molar-refractivity contribution in [3.63, 3.8) is 0 Å². The summed E-state index contributed by atoms with van der Waals surface area (Å²) in [6.07, 6.45) is 0. The predicted molar refractivity (Wildman–Crippen MR) is 104 cm³/mol. The first kappa shape index (κ1) is 19.6. The molecule has 1 aliphatic heterocycles. The lowest BCUT2D eigenvalue weighted by Gasteiger charge is -2.32. The monoisotopic (exact) mass is 372 g/mol. The summed E-state index contributed by atoms with van der Waals surface area (Å²) >= 11 is 0. The van der Waals surface area contributed by atoms with Crippen molar-refractivity contribution < 1.29 is 23.3 Å². The first-order valence-electron chi connectivity index (χ1n) is 9.09. The second kappa shape index (κ2) is 6.50. The number of esters is 1. The topological polar surface area (TPSA) is 75.0 Å². The minimum absolute atomic E-state index is 0.0548. The van der Waals surface area contributed by atoms with Crippen LogP contribution in [0.15, 0.2) is 21.3 Å². The lowest BCUT2D eigenvalue weighted by molar-refractivity contribution is 0.00578. The van der Waals surface area contributed by atoms with E-state index in [0.29, 0.717) is 11.0 Å². The van der Waals surface area contributed by atoms with Crippen LogP contribution in [0, 0.1) is 13.8 Å². The van der Waals surface area contributed by atoms with Crippen LogP contribution in [0.2, 0.25) is 0 Å². The first-order chi connectivity index (χ1) is 12.5. The Hall–Kier alpha value is -2.12. The summed E-state index contributed by atoms with van der Waals surface area (Å²) in [5, 5.41) is 0.394. The molecule has 0 radical (unpaired) electrons. The molecule has 3 rings (SSSR count). The minimum Gasteiger partial charge on any atom is -0.460 e. The van der Waals surface area contributed by atoms with Gasteiger partial charge in [0.2, 0.25) is 5.76 Å². The number of fused-ring (bicyclic) bond motifs is 1. The normalized spacial score (nSPS) is 18.1. The van der Waals surface area contributed by atoms with Crippen molar-refractivity contribution in [2.75, 3.05) is 6.61 Å². The molecule has 0 atom stereocenters. The van der Waals surface area contributed by atoms with Crippen LogP contribution >= 0.6 is 0 Å². The van der Waals surface area contributed by atoms with Gasteiger partial charge in [-0.1, -0.05) is 6.07 Å². The van der Waals surface area contributed by atoms with Crippen LogP contribution in [0.4, 0.5) is 0 Å². The van der Waals surface area contributed by atoms with Crippen molar-refractivity contribution in [3.05, 3.63) is 39.2 Å². The molecule has 0 amide bonds. The Labute approximate surface area is 158 Å². The molecule has 144 valence electrons. The van der Waals surface area contributed by atoms with Gasteiger partial charge in [0.25, 0.3) is 0 Å². The van der Waals surface area contributed by atoms with Gasteiger partial charge in [-0.25, -0.2) is 4.79 Å². The summed E-state index contributed by atoms with van der Waals surface area (Å²) in [5.74, 6) is -0.690. The largest absolute Gasteiger partial charge is 0.494 e. The van der Waals surface area contributed by atoms with E-state index in [1.807, 2.05) is 40.7 Å². The van der Waals surface area contributed by atoms with Crippen molar-refractivity contribution in [2.24, 2.45) is 0 Å². The Morgan fingerprint density at radius 1 is 1.11 bits per heavy atom. The molecule has 1 aliphatic rings. The van der Waals surface area contributed by atoms with Crippen LogP contribution in [-0.2, 0) is 14.0 Å². The van der Waals surface area contributed by atoms with Gasteiger partial charge in [-0.2, -0.15) is 0 Å². The maximum atomic E-state index is 12.9. The Morgan fingerprint density at radius 3 is 2.26 bits per heavy atom. The van der Waals surface area contributed by atoms with E-state index in [4.69, 9.17) is 18.5 Å². The van der Waals surface area contributed by atoms with Crippen molar-refractivity contribution >= 4 is 29.5 Å². The van der Waals surface area contributed by atoms with Crippen LogP contribution in [0.3, 0.4) is 0 Å². The second-order valence-electron chi connectivity index (χ2n) is 7.91. The Balaban J connectivity index is 2.13. The van der Waals surface area contributed by atoms with Gasteiger partial charge in [-0.05, 0) is 65.6 Å². The minimum atomic E-state index is -0.636. The number of aryl methyl sites for hydroxylation is 1. The van der Waals surface area contributed by atoms with E-state index < -0.39 is 24.3 Å². The summed E-state index contributed by atoms with van der Waals surface area (Å²) in [5.41, 5.74) is 0.847. The van der Waals surface area contributed by atoms with Gasteiger partial charge in [-0.3, -0.25) is 4.79 Å². The third kappa shape index (κ3) is 3.19. The summed E-state index contributed by atoms with van der Waals surface area (Å²) in [6.45, 7) is 13.2. The maximum Gasteiger partial charge on any atom is 0.494 e. The quantitative estimate of drug-likeness (QED) is 0.609. The van der Waals surface area contributed by atoms with Gasteiger partial charge in [0, 0.05) is 5.56 Å². The molecule has 0 spiro atoms. The average molecular weight is 372 g/mol. The van der Waals surface area contributed by atoms with Crippen LogP contribution in [0.1, 0.15) is 56.3 Å². The molecule has 6 nitrogen and oxygen atoms in total. The van der Waals surface area contributed by atoms with E-state index in [0.717, 1.165) is 11.0 Å². The van der Waals surface area contributed by atoms with Gasteiger partial charge in [0.05, 0.1) is 23.2 Å². The SMILES string of the molecule is CCOC(=O)c1oc2c(C)cc(B3OC(C)(C)C(C)(C)O3)cc2c(=O)c1C. The molecule has 0 N–H and O–H groups in total. The zero-order valence-electron chi connectivity index (χ0n) is 16.9. The Kier molecular flexibility index (Phi) is 4.72. The molecular weight excluding hydrogens is 347 g/mol. The molecule has 0 unspecified atom stereocenters. The van der Waals surface area contributed by atoms with Crippen LogP contribution in [-0.4, -0.2) is 30.9 Å². The molecular formula is C20H25BO6. The fraction of sp³-hybridized carbons (Fsp3) is 0.500. The number of ether oxygens (including phenoxy) is 1. The summed E-state index contributed by atoms with van der Waals surface area (Å²) < 4.78 is 22.9. The zero-order chi connectivity index (χ0) is 20.1. The first-order valence-corrected chi connectivity index (χ1v) is 9.09. The maximum absolute atomic E-state index is 12.9. The van der Waals surface area contributed by atoms with E-state index in [2.05, 4.69) is 0 Å². The fourth-order valence-electron chi connectivity index (χ4n) is 3.10. The van der Waals surface area contributed by atoms with Gasteiger partial charge in [0.1, 0.15) is 5.58 Å². The molecule has 7 heteroatoms. The van der Waals surface area contributed by atoms with Crippen LogP contribution in [0.25, 0.3) is 11.0 Å². The fourth-order valence-corrected chi connectivity index (χ4v) is 3.10. The Morgan fingerprint density at radius 2 is 1.70 bits per heavy atom. The standard InChI is InChI=1S/C20H25BO6/c1-8-24-18(23)17-12(3)15(22)14-10-13(9-11(2)16(14)25-17)21-26-19(4,5)20(6,7)27-21/h9-10H,8H2,1-7H3. The van der Waals surface area contributed by atoms with Crippen LogP contribution in [0.5, 0.6) is 0 Å². The van der Waals surface area contributed by atoms with Gasteiger partial charge in [0.15, 0.2) is 5.43 Å². The second-order valence-corrected chi connectivity index (χ2v) is 7.91. The number of carbonyl (C=O) groups is 1. The highest BCUT2D eigenvalue weighted by atomic mass is 16.7. The lowest BCUT2D eigenvalue weighted by Crippen LogP contribution is -2.41. The third-order valence-corrected chi connectivity index (χ3v) is 5.41. The number of carbonyl (C=O) groups excluding carboxylic acids is 1. The van der Waals surface area contributed by atoms with Gasteiger partial charge >= 0.3 is 13.1 Å². The molecule has 2 heterocycles. The molecule has 27 heavy (non-hydrogen) atoms. The molecule has 1 aromatic carbocycles. The zero-order valence-corrected chi connectivity index (χ0v) is 16.9. The number of hydrogen-bond acceptors (Lipinski definition) is 6. The van der Waals surface area contributed by atoms with E-state index in [-0.39, 0.29) is 23.4 Å². The number of benzene rings is 1. The van der Waals surface area contributed by atoms with Crippen molar-refractivity contribution in [3.8, 4) is 0 Å². The molecule has 0 saturated carbocycles. The van der Waals surface area contributed by atoms with E-state index in [1.165, 1.54) is 0 Å². The van der Waals surface area contributed by atoms with E-state index in [1.54, 1.807) is 19.9 Å².